The third-order valence-corrected chi connectivity index (χ3v) is 4.19. The molecule has 100 valence electrons. The lowest BCUT2D eigenvalue weighted by Gasteiger charge is -2.27. The summed E-state index contributed by atoms with van der Waals surface area (Å²) in [6.45, 7) is 7.80. The summed E-state index contributed by atoms with van der Waals surface area (Å²) in [6.07, 6.45) is 3.87. The lowest BCUT2D eigenvalue weighted by molar-refractivity contribution is 0.209. The third kappa shape index (κ3) is 3.12. The number of nitrogens with zero attached hydrogens (tertiary/aromatic N) is 1. The maximum Gasteiger partial charge on any atom is 0.0180 e. The molecule has 2 heteroatoms. The number of hydrogen-bond donors (Lipinski definition) is 1. The molecule has 0 aliphatic carbocycles. The van der Waals surface area contributed by atoms with Gasteiger partial charge in [0.15, 0.2) is 0 Å². The molecule has 1 fully saturated rings. The molecule has 1 heterocycles. The molecule has 1 aliphatic heterocycles. The molecule has 0 radical (unpaired) electrons. The van der Waals surface area contributed by atoms with E-state index in [1.54, 1.807) is 0 Å². The van der Waals surface area contributed by atoms with E-state index < -0.39 is 0 Å². The first kappa shape index (κ1) is 13.6. The second kappa shape index (κ2) is 6.35. The second-order valence-corrected chi connectivity index (χ2v) is 5.71. The Balaban J connectivity index is 1.95. The molecule has 0 aromatic heterocycles. The van der Waals surface area contributed by atoms with Crippen molar-refractivity contribution in [1.82, 2.24) is 4.90 Å². The second-order valence-electron chi connectivity index (χ2n) is 5.71. The van der Waals surface area contributed by atoms with E-state index in [9.17, 15) is 0 Å². The van der Waals surface area contributed by atoms with E-state index in [4.69, 9.17) is 5.73 Å². The van der Waals surface area contributed by atoms with E-state index >= 15 is 0 Å². The van der Waals surface area contributed by atoms with Crippen LogP contribution in [0.5, 0.6) is 0 Å². The molecule has 1 aromatic rings. The minimum atomic E-state index is 0.657. The number of hydrogen-bond acceptors (Lipinski definition) is 2. The standard InChI is InChI=1S/C16H26N2/c1-13(2)16-8-5-10-18(16)11-9-14-6-3-4-7-15(14)12-17/h3-4,6-7,13,16H,5,8-12,17H2,1-2H3. The lowest BCUT2D eigenvalue weighted by Crippen LogP contribution is -2.35. The number of benzene rings is 1. The average Bonchev–Trinajstić information content (AvgIpc) is 2.85. The molecule has 2 nitrogen and oxygen atoms in total. The summed E-state index contributed by atoms with van der Waals surface area (Å²) in [7, 11) is 0. The van der Waals surface area contributed by atoms with Crippen molar-refractivity contribution >= 4 is 0 Å². The van der Waals surface area contributed by atoms with E-state index in [0.29, 0.717) is 6.54 Å². The van der Waals surface area contributed by atoms with Crippen LogP contribution in [0.25, 0.3) is 0 Å². The normalized spacial score (nSPS) is 20.8. The van der Waals surface area contributed by atoms with Crippen LogP contribution in [-0.4, -0.2) is 24.0 Å². The minimum Gasteiger partial charge on any atom is -0.326 e. The zero-order chi connectivity index (χ0) is 13.0. The van der Waals surface area contributed by atoms with Crippen molar-refractivity contribution in [2.75, 3.05) is 13.1 Å². The molecule has 0 saturated carbocycles. The number of nitrogens with two attached hydrogens (primary N) is 1. The topological polar surface area (TPSA) is 29.3 Å². The molecule has 1 unspecified atom stereocenters. The molecule has 0 bridgehead atoms. The molecular weight excluding hydrogens is 220 g/mol. The SMILES string of the molecule is CC(C)C1CCCN1CCc1ccccc1CN. The molecule has 1 aromatic carbocycles. The summed E-state index contributed by atoms with van der Waals surface area (Å²) in [5, 5.41) is 0. The summed E-state index contributed by atoms with van der Waals surface area (Å²) < 4.78 is 0. The Kier molecular flexibility index (Phi) is 4.79. The van der Waals surface area contributed by atoms with E-state index in [1.165, 1.54) is 37.1 Å². The fourth-order valence-electron chi connectivity index (χ4n) is 3.15. The first-order valence-electron chi connectivity index (χ1n) is 7.23. The van der Waals surface area contributed by atoms with Crippen LogP contribution in [0.15, 0.2) is 24.3 Å². The van der Waals surface area contributed by atoms with Crippen molar-refractivity contribution in [3.8, 4) is 0 Å². The molecule has 1 saturated heterocycles. The van der Waals surface area contributed by atoms with Gasteiger partial charge in [-0.05, 0) is 42.9 Å². The fraction of sp³-hybridized carbons (Fsp3) is 0.625. The van der Waals surface area contributed by atoms with Crippen molar-refractivity contribution in [2.24, 2.45) is 11.7 Å². The quantitative estimate of drug-likeness (QED) is 0.865. The molecular formula is C16H26N2. The van der Waals surface area contributed by atoms with Gasteiger partial charge in [-0.2, -0.15) is 0 Å². The molecule has 2 N–H and O–H groups in total. The van der Waals surface area contributed by atoms with Crippen LogP contribution in [0, 0.1) is 5.92 Å². The van der Waals surface area contributed by atoms with E-state index in [0.717, 1.165) is 18.4 Å². The van der Waals surface area contributed by atoms with Gasteiger partial charge in [-0.1, -0.05) is 38.1 Å². The first-order valence-corrected chi connectivity index (χ1v) is 7.23. The minimum absolute atomic E-state index is 0.657. The first-order chi connectivity index (χ1) is 8.72. The van der Waals surface area contributed by atoms with E-state index in [1.807, 2.05) is 0 Å². The maximum atomic E-state index is 5.80. The Labute approximate surface area is 111 Å². The van der Waals surface area contributed by atoms with Gasteiger partial charge in [0, 0.05) is 19.1 Å². The number of likely N-dealkylation sites (tertiary alicyclic amines) is 1. The summed E-state index contributed by atoms with van der Waals surface area (Å²) in [5.41, 5.74) is 8.53. The van der Waals surface area contributed by atoms with Gasteiger partial charge >= 0.3 is 0 Å². The van der Waals surface area contributed by atoms with E-state index in [-0.39, 0.29) is 0 Å². The summed E-state index contributed by atoms with van der Waals surface area (Å²) in [5.74, 6) is 0.775. The Morgan fingerprint density at radius 3 is 2.67 bits per heavy atom. The molecule has 0 amide bonds. The van der Waals surface area contributed by atoms with Crippen molar-refractivity contribution in [3.05, 3.63) is 35.4 Å². The van der Waals surface area contributed by atoms with Crippen molar-refractivity contribution in [3.63, 3.8) is 0 Å². The zero-order valence-corrected chi connectivity index (χ0v) is 11.7. The zero-order valence-electron chi connectivity index (χ0n) is 11.7. The van der Waals surface area contributed by atoms with Crippen LogP contribution in [0.1, 0.15) is 37.8 Å². The fourth-order valence-corrected chi connectivity index (χ4v) is 3.15. The molecule has 1 atom stereocenters. The van der Waals surface area contributed by atoms with Crippen molar-refractivity contribution < 1.29 is 0 Å². The highest BCUT2D eigenvalue weighted by Gasteiger charge is 2.26. The molecule has 18 heavy (non-hydrogen) atoms. The van der Waals surface area contributed by atoms with Gasteiger partial charge in [0.2, 0.25) is 0 Å². The predicted octanol–water partition coefficient (Wildman–Crippen LogP) is 2.81. The van der Waals surface area contributed by atoms with Gasteiger partial charge in [0.25, 0.3) is 0 Å². The van der Waals surface area contributed by atoms with Crippen LogP contribution in [0.2, 0.25) is 0 Å². The van der Waals surface area contributed by atoms with Crippen molar-refractivity contribution in [2.45, 2.75) is 45.7 Å². The van der Waals surface area contributed by atoms with Crippen LogP contribution in [-0.2, 0) is 13.0 Å². The summed E-state index contributed by atoms with van der Waals surface area (Å²) in [4.78, 5) is 2.66. The summed E-state index contributed by atoms with van der Waals surface area (Å²) >= 11 is 0. The molecule has 0 spiro atoms. The average molecular weight is 246 g/mol. The van der Waals surface area contributed by atoms with E-state index in [2.05, 4.69) is 43.0 Å². The number of rotatable bonds is 5. The molecule has 1 aliphatic rings. The Hall–Kier alpha value is -0.860. The smallest absolute Gasteiger partial charge is 0.0180 e. The third-order valence-electron chi connectivity index (χ3n) is 4.19. The van der Waals surface area contributed by atoms with Gasteiger partial charge in [0.1, 0.15) is 0 Å². The van der Waals surface area contributed by atoms with Crippen molar-refractivity contribution in [1.29, 1.82) is 0 Å². The van der Waals surface area contributed by atoms with Crippen LogP contribution in [0.4, 0.5) is 0 Å². The summed E-state index contributed by atoms with van der Waals surface area (Å²) in [6, 6.07) is 9.37. The Morgan fingerprint density at radius 1 is 1.28 bits per heavy atom. The van der Waals surface area contributed by atoms with Crippen LogP contribution < -0.4 is 5.73 Å². The Morgan fingerprint density at radius 2 is 2.00 bits per heavy atom. The maximum absolute atomic E-state index is 5.80. The largest absolute Gasteiger partial charge is 0.326 e. The van der Waals surface area contributed by atoms with Gasteiger partial charge in [-0.3, -0.25) is 4.90 Å². The van der Waals surface area contributed by atoms with Crippen LogP contribution in [0.3, 0.4) is 0 Å². The van der Waals surface area contributed by atoms with Gasteiger partial charge in [-0.25, -0.2) is 0 Å². The highest BCUT2D eigenvalue weighted by atomic mass is 15.2. The van der Waals surface area contributed by atoms with Gasteiger partial charge in [-0.15, -0.1) is 0 Å². The van der Waals surface area contributed by atoms with Gasteiger partial charge in [0.05, 0.1) is 0 Å². The predicted molar refractivity (Wildman–Crippen MR) is 77.5 cm³/mol. The van der Waals surface area contributed by atoms with Gasteiger partial charge < -0.3 is 5.73 Å². The lowest BCUT2D eigenvalue weighted by atomic mass is 10.0. The Bertz CT molecular complexity index is 373. The monoisotopic (exact) mass is 246 g/mol. The molecule has 2 rings (SSSR count). The highest BCUT2D eigenvalue weighted by molar-refractivity contribution is 5.27. The van der Waals surface area contributed by atoms with Crippen LogP contribution >= 0.6 is 0 Å². The highest BCUT2D eigenvalue weighted by Crippen LogP contribution is 2.24.